The lowest BCUT2D eigenvalue weighted by Gasteiger charge is -2.04. The molecule has 0 radical (unpaired) electrons. The van der Waals surface area contributed by atoms with Gasteiger partial charge in [-0.25, -0.2) is 0 Å². The van der Waals surface area contributed by atoms with Crippen LogP contribution in [0, 0.1) is 13.8 Å². The van der Waals surface area contributed by atoms with E-state index in [9.17, 15) is 0 Å². The van der Waals surface area contributed by atoms with Crippen molar-refractivity contribution in [1.82, 2.24) is 0 Å². The Balaban J connectivity index is 2.20. The van der Waals surface area contributed by atoms with Gasteiger partial charge in [-0.2, -0.15) is 0 Å². The maximum atomic E-state index is 3.56. The van der Waals surface area contributed by atoms with Crippen LogP contribution in [0.3, 0.4) is 0 Å². The highest BCUT2D eigenvalue weighted by molar-refractivity contribution is 9.10. The molecule has 0 bridgehead atoms. The fourth-order valence-electron chi connectivity index (χ4n) is 1.38. The first-order chi connectivity index (χ1) is 7.65. The average Bonchev–Trinajstić information content (AvgIpc) is 2.27. The molecule has 0 N–H and O–H groups in total. The lowest BCUT2D eigenvalue weighted by molar-refractivity contribution is 1.32. The van der Waals surface area contributed by atoms with Crippen molar-refractivity contribution in [3.8, 4) is 0 Å². The van der Waals surface area contributed by atoms with E-state index in [0.717, 1.165) is 0 Å². The Bertz CT molecular complexity index is 489. The summed E-state index contributed by atoms with van der Waals surface area (Å²) in [6, 6.07) is 15.1. The molecule has 0 aliphatic carbocycles. The van der Waals surface area contributed by atoms with Crippen LogP contribution in [0.4, 0.5) is 0 Å². The molecule has 0 atom stereocenters. The molecule has 2 rings (SSSR count). The number of rotatable bonds is 2. The average molecular weight is 293 g/mol. The minimum absolute atomic E-state index is 1.17. The van der Waals surface area contributed by atoms with Gasteiger partial charge in [0.05, 0.1) is 0 Å². The Morgan fingerprint density at radius 2 is 1.50 bits per heavy atom. The van der Waals surface area contributed by atoms with Gasteiger partial charge in [0.25, 0.3) is 0 Å². The first-order valence-electron chi connectivity index (χ1n) is 5.16. The summed E-state index contributed by atoms with van der Waals surface area (Å²) in [4.78, 5) is 2.54. The fourth-order valence-corrected chi connectivity index (χ4v) is 2.77. The summed E-state index contributed by atoms with van der Waals surface area (Å²) in [6.07, 6.45) is 0. The minimum Gasteiger partial charge on any atom is -0.0901 e. The number of hydrogen-bond donors (Lipinski definition) is 0. The van der Waals surface area contributed by atoms with E-state index in [1.165, 1.54) is 25.4 Å². The van der Waals surface area contributed by atoms with Gasteiger partial charge in [-0.3, -0.25) is 0 Å². The maximum absolute atomic E-state index is 3.56. The molecule has 0 heterocycles. The molecule has 2 heteroatoms. The zero-order valence-corrected chi connectivity index (χ0v) is 11.7. The van der Waals surface area contributed by atoms with Crippen molar-refractivity contribution in [2.24, 2.45) is 0 Å². The molecule has 0 fully saturated rings. The molecule has 0 nitrogen and oxygen atoms in total. The third kappa shape index (κ3) is 2.89. The van der Waals surface area contributed by atoms with Gasteiger partial charge < -0.3 is 0 Å². The molecule has 0 aliphatic heterocycles. The van der Waals surface area contributed by atoms with E-state index < -0.39 is 0 Å². The van der Waals surface area contributed by atoms with Gasteiger partial charge in [-0.05, 0) is 43.7 Å². The van der Waals surface area contributed by atoms with Crippen molar-refractivity contribution >= 4 is 27.7 Å². The normalized spacial score (nSPS) is 10.4. The number of hydrogen-bond acceptors (Lipinski definition) is 1. The largest absolute Gasteiger partial charge is 0.0901 e. The molecule has 0 amide bonds. The van der Waals surface area contributed by atoms with Crippen LogP contribution in [0.5, 0.6) is 0 Å². The van der Waals surface area contributed by atoms with Crippen molar-refractivity contribution in [2.45, 2.75) is 23.6 Å². The zero-order valence-electron chi connectivity index (χ0n) is 9.33. The third-order valence-corrected chi connectivity index (χ3v) is 4.25. The summed E-state index contributed by atoms with van der Waals surface area (Å²) in [6.45, 7) is 4.21. The Hall–Kier alpha value is -0.730. The van der Waals surface area contributed by atoms with Crippen LogP contribution in [-0.2, 0) is 0 Å². The first-order valence-corrected chi connectivity index (χ1v) is 6.77. The third-order valence-electron chi connectivity index (χ3n) is 2.40. The van der Waals surface area contributed by atoms with Crippen molar-refractivity contribution in [3.63, 3.8) is 0 Å². The smallest absolute Gasteiger partial charge is 0.0215 e. The Morgan fingerprint density at radius 1 is 0.875 bits per heavy atom. The molecule has 82 valence electrons. The highest BCUT2D eigenvalue weighted by Crippen LogP contribution is 2.30. The van der Waals surface area contributed by atoms with Gasteiger partial charge in [0.1, 0.15) is 0 Å². The topological polar surface area (TPSA) is 0 Å². The molecular formula is C14H13BrS. The van der Waals surface area contributed by atoms with Crippen LogP contribution in [0.1, 0.15) is 11.1 Å². The van der Waals surface area contributed by atoms with Crippen LogP contribution < -0.4 is 0 Å². The molecule has 0 saturated carbocycles. The number of halogens is 1. The van der Waals surface area contributed by atoms with Crippen molar-refractivity contribution in [1.29, 1.82) is 0 Å². The van der Waals surface area contributed by atoms with E-state index in [-0.39, 0.29) is 0 Å². The predicted octanol–water partition coefficient (Wildman–Crippen LogP) is 5.22. The summed E-state index contributed by atoms with van der Waals surface area (Å²) >= 11 is 5.35. The highest BCUT2D eigenvalue weighted by Gasteiger charge is 2.00. The van der Waals surface area contributed by atoms with Crippen LogP contribution >= 0.6 is 27.7 Å². The van der Waals surface area contributed by atoms with Crippen LogP contribution in [-0.4, -0.2) is 0 Å². The fraction of sp³-hybridized carbons (Fsp3) is 0.143. The molecule has 0 spiro atoms. The van der Waals surface area contributed by atoms with Crippen LogP contribution in [0.15, 0.2) is 56.7 Å². The van der Waals surface area contributed by atoms with Gasteiger partial charge in [0.15, 0.2) is 0 Å². The van der Waals surface area contributed by atoms with Crippen molar-refractivity contribution in [3.05, 3.63) is 58.1 Å². The molecule has 16 heavy (non-hydrogen) atoms. The molecule has 0 aliphatic rings. The first kappa shape index (κ1) is 11.7. The molecule has 0 unspecified atom stereocenters. The summed E-state index contributed by atoms with van der Waals surface area (Å²) in [5.74, 6) is 0. The molecule has 2 aromatic carbocycles. The van der Waals surface area contributed by atoms with E-state index in [4.69, 9.17) is 0 Å². The van der Waals surface area contributed by atoms with E-state index in [2.05, 4.69) is 72.2 Å². The van der Waals surface area contributed by atoms with Crippen LogP contribution in [0.2, 0.25) is 0 Å². The van der Waals surface area contributed by atoms with Gasteiger partial charge in [-0.15, -0.1) is 0 Å². The molecule has 2 aromatic rings. The van der Waals surface area contributed by atoms with Gasteiger partial charge in [0, 0.05) is 14.3 Å². The van der Waals surface area contributed by atoms with Gasteiger partial charge >= 0.3 is 0 Å². The predicted molar refractivity (Wildman–Crippen MR) is 74.2 cm³/mol. The molecule has 0 saturated heterocycles. The number of benzene rings is 2. The van der Waals surface area contributed by atoms with E-state index in [0.29, 0.717) is 0 Å². The SMILES string of the molecule is Cc1ccc(Sc2ccc(C)c(Br)c2)cc1. The monoisotopic (exact) mass is 292 g/mol. The van der Waals surface area contributed by atoms with Gasteiger partial charge in [-0.1, -0.05) is 51.5 Å². The second-order valence-electron chi connectivity index (χ2n) is 3.83. The second-order valence-corrected chi connectivity index (χ2v) is 5.83. The Morgan fingerprint density at radius 3 is 2.12 bits per heavy atom. The Labute approximate surface area is 109 Å². The van der Waals surface area contributed by atoms with E-state index in [1.807, 2.05) is 0 Å². The van der Waals surface area contributed by atoms with E-state index in [1.54, 1.807) is 11.8 Å². The van der Waals surface area contributed by atoms with Crippen molar-refractivity contribution < 1.29 is 0 Å². The lowest BCUT2D eigenvalue weighted by atomic mass is 10.2. The maximum Gasteiger partial charge on any atom is 0.0215 e. The summed E-state index contributed by atoms with van der Waals surface area (Å²) in [7, 11) is 0. The molecular weight excluding hydrogens is 280 g/mol. The molecule has 0 aromatic heterocycles. The van der Waals surface area contributed by atoms with Crippen LogP contribution in [0.25, 0.3) is 0 Å². The highest BCUT2D eigenvalue weighted by atomic mass is 79.9. The second kappa shape index (κ2) is 5.07. The Kier molecular flexibility index (Phi) is 3.72. The summed E-state index contributed by atoms with van der Waals surface area (Å²) < 4.78 is 1.17. The lowest BCUT2D eigenvalue weighted by Crippen LogP contribution is -1.78. The quantitative estimate of drug-likeness (QED) is 0.731. The zero-order chi connectivity index (χ0) is 11.5. The van der Waals surface area contributed by atoms with Gasteiger partial charge in [0.2, 0.25) is 0 Å². The standard InChI is InChI=1S/C14H13BrS/c1-10-3-6-12(7-4-10)16-13-8-5-11(2)14(15)9-13/h3-9H,1-2H3. The van der Waals surface area contributed by atoms with E-state index >= 15 is 0 Å². The minimum atomic E-state index is 1.17. The van der Waals surface area contributed by atoms with Crippen molar-refractivity contribution in [2.75, 3.05) is 0 Å². The summed E-state index contributed by atoms with van der Waals surface area (Å²) in [5.41, 5.74) is 2.57. The summed E-state index contributed by atoms with van der Waals surface area (Å²) in [5, 5.41) is 0. The number of aryl methyl sites for hydroxylation is 2.